The molecule has 3 nitrogen and oxygen atoms in total. The van der Waals surface area contributed by atoms with Crippen LogP contribution in [0, 0.1) is 5.82 Å². The molecule has 1 aromatic carbocycles. The van der Waals surface area contributed by atoms with E-state index < -0.39 is 0 Å². The highest BCUT2D eigenvalue weighted by Gasteiger charge is 2.11. The number of halogens is 1. The summed E-state index contributed by atoms with van der Waals surface area (Å²) in [6.07, 6.45) is 3.56. The van der Waals surface area contributed by atoms with Gasteiger partial charge < -0.3 is 0 Å². The highest BCUT2D eigenvalue weighted by molar-refractivity contribution is 7.98. The molecule has 0 amide bonds. The van der Waals surface area contributed by atoms with Gasteiger partial charge >= 0.3 is 0 Å². The Morgan fingerprint density at radius 2 is 2.09 bits per heavy atom. The Morgan fingerprint density at radius 3 is 2.91 bits per heavy atom. The molecule has 0 N–H and O–H groups in total. The molecule has 0 saturated carbocycles. The minimum absolute atomic E-state index is 0.181. The first kappa shape index (κ1) is 14.4. The van der Waals surface area contributed by atoms with E-state index in [4.69, 9.17) is 0 Å². The van der Waals surface area contributed by atoms with Gasteiger partial charge in [0.25, 0.3) is 0 Å². The lowest BCUT2D eigenvalue weighted by molar-refractivity contribution is 0.617. The zero-order valence-corrected chi connectivity index (χ0v) is 13.6. The lowest BCUT2D eigenvalue weighted by Crippen LogP contribution is -1.92. The Morgan fingerprint density at radius 1 is 1.17 bits per heavy atom. The normalized spacial score (nSPS) is 11.2. The van der Waals surface area contributed by atoms with Gasteiger partial charge in [0.05, 0.1) is 10.4 Å². The number of hydrogen-bond acceptors (Lipinski definition) is 4. The molecule has 0 radical (unpaired) electrons. The summed E-state index contributed by atoms with van der Waals surface area (Å²) in [5, 5.41) is 7.47. The van der Waals surface area contributed by atoms with Crippen LogP contribution in [0.4, 0.5) is 4.39 Å². The van der Waals surface area contributed by atoms with Crippen LogP contribution < -0.4 is 0 Å². The van der Waals surface area contributed by atoms with Crippen molar-refractivity contribution in [2.24, 2.45) is 0 Å². The van der Waals surface area contributed by atoms with Gasteiger partial charge in [0.2, 0.25) is 0 Å². The predicted octanol–water partition coefficient (Wildman–Crippen LogP) is 4.89. The maximum Gasteiger partial charge on any atom is 0.127 e. The van der Waals surface area contributed by atoms with Crippen molar-refractivity contribution in [3.05, 3.63) is 71.6 Å². The van der Waals surface area contributed by atoms with E-state index in [9.17, 15) is 4.39 Å². The molecule has 0 aliphatic rings. The van der Waals surface area contributed by atoms with Crippen LogP contribution in [0.15, 0.2) is 65.3 Å². The summed E-state index contributed by atoms with van der Waals surface area (Å²) in [5.41, 5.74) is 2.55. The van der Waals surface area contributed by atoms with E-state index in [1.54, 1.807) is 29.7 Å². The third-order valence-corrected chi connectivity index (χ3v) is 5.39. The summed E-state index contributed by atoms with van der Waals surface area (Å²) < 4.78 is 15.6. The van der Waals surface area contributed by atoms with Crippen LogP contribution in [-0.2, 0) is 5.75 Å². The molecule has 0 spiro atoms. The number of aromatic nitrogens is 3. The van der Waals surface area contributed by atoms with Crippen LogP contribution in [0.25, 0.3) is 16.1 Å². The smallest absolute Gasteiger partial charge is 0.127 e. The highest BCUT2D eigenvalue weighted by Crippen LogP contribution is 2.30. The molecule has 0 unspecified atom stereocenters. The van der Waals surface area contributed by atoms with Crippen LogP contribution in [0.1, 0.15) is 5.56 Å². The molecule has 0 bridgehead atoms. The van der Waals surface area contributed by atoms with Crippen molar-refractivity contribution in [2.75, 3.05) is 0 Å². The van der Waals surface area contributed by atoms with Crippen molar-refractivity contribution in [1.82, 2.24) is 14.6 Å². The van der Waals surface area contributed by atoms with Gasteiger partial charge in [-0.05, 0) is 29.1 Å². The van der Waals surface area contributed by atoms with Gasteiger partial charge in [-0.25, -0.2) is 13.9 Å². The fourth-order valence-electron chi connectivity index (χ4n) is 2.32. The number of fused-ring (bicyclic) bond motifs is 1. The lowest BCUT2D eigenvalue weighted by Gasteiger charge is -2.04. The largest absolute Gasteiger partial charge is 0.246 e. The van der Waals surface area contributed by atoms with Crippen LogP contribution in [-0.4, -0.2) is 14.6 Å². The first-order chi connectivity index (χ1) is 11.3. The third kappa shape index (κ3) is 2.87. The molecule has 6 heteroatoms. The molecule has 0 saturated heterocycles. The SMILES string of the molecule is Fc1ccccc1CSc1nccn2nc(-c3cccs3)cc12. The summed E-state index contributed by atoms with van der Waals surface area (Å²) in [5.74, 6) is 0.360. The van der Waals surface area contributed by atoms with Gasteiger partial charge in [0.15, 0.2) is 0 Å². The zero-order valence-electron chi connectivity index (χ0n) is 12.0. The van der Waals surface area contributed by atoms with E-state index in [1.165, 1.54) is 17.8 Å². The molecular weight excluding hydrogens is 329 g/mol. The number of hydrogen-bond donors (Lipinski definition) is 0. The van der Waals surface area contributed by atoms with E-state index in [0.29, 0.717) is 11.3 Å². The zero-order chi connectivity index (χ0) is 15.6. The number of rotatable bonds is 4. The van der Waals surface area contributed by atoms with E-state index >= 15 is 0 Å². The van der Waals surface area contributed by atoms with Crippen molar-refractivity contribution in [1.29, 1.82) is 0 Å². The van der Waals surface area contributed by atoms with Crippen LogP contribution in [0.5, 0.6) is 0 Å². The Balaban J connectivity index is 1.66. The number of benzene rings is 1. The number of thioether (sulfide) groups is 1. The average Bonchev–Trinajstić information content (AvgIpc) is 3.23. The molecule has 3 heterocycles. The fraction of sp³-hybridized carbons (Fsp3) is 0.0588. The fourth-order valence-corrected chi connectivity index (χ4v) is 3.96. The van der Waals surface area contributed by atoms with Crippen LogP contribution >= 0.6 is 23.1 Å². The molecule has 0 atom stereocenters. The molecular formula is C17H12FN3S2. The average molecular weight is 341 g/mol. The second-order valence-corrected chi connectivity index (χ2v) is 6.86. The Labute approximate surface area is 140 Å². The summed E-state index contributed by atoms with van der Waals surface area (Å²) in [4.78, 5) is 5.55. The van der Waals surface area contributed by atoms with E-state index in [2.05, 4.69) is 10.1 Å². The maximum atomic E-state index is 13.7. The Kier molecular flexibility index (Phi) is 3.85. The molecule has 0 fully saturated rings. The molecule has 3 aromatic heterocycles. The summed E-state index contributed by atoms with van der Waals surface area (Å²) in [7, 11) is 0. The maximum absolute atomic E-state index is 13.7. The summed E-state index contributed by atoms with van der Waals surface area (Å²) >= 11 is 3.18. The van der Waals surface area contributed by atoms with Gasteiger partial charge in [-0.1, -0.05) is 36.0 Å². The van der Waals surface area contributed by atoms with E-state index in [1.807, 2.05) is 40.4 Å². The Hall–Kier alpha value is -2.18. The molecule has 23 heavy (non-hydrogen) atoms. The van der Waals surface area contributed by atoms with Gasteiger partial charge in [0, 0.05) is 18.1 Å². The van der Waals surface area contributed by atoms with Crippen LogP contribution in [0.3, 0.4) is 0 Å². The van der Waals surface area contributed by atoms with E-state index in [-0.39, 0.29) is 5.82 Å². The predicted molar refractivity (Wildman–Crippen MR) is 92.3 cm³/mol. The quantitative estimate of drug-likeness (QED) is 0.495. The second kappa shape index (κ2) is 6.14. The monoisotopic (exact) mass is 341 g/mol. The minimum atomic E-state index is -0.181. The highest BCUT2D eigenvalue weighted by atomic mass is 32.2. The molecule has 0 aliphatic carbocycles. The standard InChI is InChI=1S/C17H12FN3S2/c18-13-5-2-1-4-12(13)11-23-17-15-10-14(16-6-3-9-22-16)20-21(15)8-7-19-17/h1-10H,11H2. The molecule has 0 aliphatic heterocycles. The van der Waals surface area contributed by atoms with Gasteiger partial charge in [0.1, 0.15) is 16.5 Å². The van der Waals surface area contributed by atoms with Crippen molar-refractivity contribution in [3.63, 3.8) is 0 Å². The molecule has 114 valence electrons. The van der Waals surface area contributed by atoms with Gasteiger partial charge in [-0.3, -0.25) is 0 Å². The lowest BCUT2D eigenvalue weighted by atomic mass is 10.2. The minimum Gasteiger partial charge on any atom is -0.246 e. The molecule has 4 aromatic rings. The van der Waals surface area contributed by atoms with Crippen molar-refractivity contribution in [2.45, 2.75) is 10.8 Å². The van der Waals surface area contributed by atoms with Crippen LogP contribution in [0.2, 0.25) is 0 Å². The molecule has 4 rings (SSSR count). The van der Waals surface area contributed by atoms with Crippen molar-refractivity contribution >= 4 is 28.6 Å². The first-order valence-corrected chi connectivity index (χ1v) is 8.92. The van der Waals surface area contributed by atoms with Gasteiger partial charge in [-0.15, -0.1) is 11.3 Å². The summed E-state index contributed by atoms with van der Waals surface area (Å²) in [6, 6.07) is 12.9. The number of nitrogens with zero attached hydrogens (tertiary/aromatic N) is 3. The van der Waals surface area contributed by atoms with Gasteiger partial charge in [-0.2, -0.15) is 5.10 Å². The van der Waals surface area contributed by atoms with E-state index in [0.717, 1.165) is 21.1 Å². The van der Waals surface area contributed by atoms with Crippen molar-refractivity contribution in [3.8, 4) is 10.6 Å². The topological polar surface area (TPSA) is 30.2 Å². The summed E-state index contributed by atoms with van der Waals surface area (Å²) in [6.45, 7) is 0. The second-order valence-electron chi connectivity index (χ2n) is 4.95. The number of thiophene rings is 1. The third-order valence-electron chi connectivity index (χ3n) is 3.45. The van der Waals surface area contributed by atoms with Crippen molar-refractivity contribution < 1.29 is 4.39 Å². The Bertz CT molecular complexity index is 948. The first-order valence-electron chi connectivity index (χ1n) is 7.06.